The number of hydrogen-bond donors (Lipinski definition) is 1. The maximum atomic E-state index is 12.0. The molecule has 116 valence electrons. The Balaban J connectivity index is 1.76. The average molecular weight is 292 g/mol. The second-order valence-electron chi connectivity index (χ2n) is 5.98. The first-order valence-electron chi connectivity index (χ1n) is 7.45. The van der Waals surface area contributed by atoms with Crippen LogP contribution in [0.5, 0.6) is 6.01 Å². The van der Waals surface area contributed by atoms with E-state index in [-0.39, 0.29) is 11.9 Å². The third-order valence-electron chi connectivity index (χ3n) is 3.62. The molecule has 2 rings (SSSR count). The van der Waals surface area contributed by atoms with Crippen LogP contribution in [0, 0.1) is 11.8 Å². The smallest absolute Gasteiger partial charge is 0.316 e. The van der Waals surface area contributed by atoms with Gasteiger partial charge in [0, 0.05) is 32.0 Å². The van der Waals surface area contributed by atoms with Gasteiger partial charge in [0.25, 0.3) is 5.91 Å². The summed E-state index contributed by atoms with van der Waals surface area (Å²) in [4.78, 5) is 22.4. The fraction of sp³-hybridized carbons (Fsp3) is 0.667. The zero-order chi connectivity index (χ0) is 15.2. The van der Waals surface area contributed by atoms with E-state index in [2.05, 4.69) is 34.0 Å². The molecule has 0 bridgehead atoms. The molecule has 1 aliphatic rings. The van der Waals surface area contributed by atoms with Gasteiger partial charge in [0.2, 0.25) is 0 Å². The Morgan fingerprint density at radius 3 is 2.81 bits per heavy atom. The Bertz CT molecular complexity index is 461. The SMILES string of the molecule is COc1ncc(C(=O)NC[C@@H]2CCN(CC(C)C)C2)cn1. The lowest BCUT2D eigenvalue weighted by Gasteiger charge is -2.18. The number of hydrogen-bond acceptors (Lipinski definition) is 5. The quantitative estimate of drug-likeness (QED) is 0.853. The van der Waals surface area contributed by atoms with Crippen molar-refractivity contribution < 1.29 is 9.53 Å². The Kier molecular flexibility index (Phi) is 5.50. The number of amides is 1. The second-order valence-corrected chi connectivity index (χ2v) is 5.98. The Morgan fingerprint density at radius 1 is 1.48 bits per heavy atom. The van der Waals surface area contributed by atoms with Crippen LogP contribution in [0.1, 0.15) is 30.6 Å². The predicted octanol–water partition coefficient (Wildman–Crippen LogP) is 1.19. The molecule has 6 heteroatoms. The minimum absolute atomic E-state index is 0.125. The summed E-state index contributed by atoms with van der Waals surface area (Å²) < 4.78 is 4.87. The molecule has 0 aromatic carbocycles. The first kappa shape index (κ1) is 15.7. The highest BCUT2D eigenvalue weighted by Crippen LogP contribution is 2.16. The molecule has 1 aliphatic heterocycles. The topological polar surface area (TPSA) is 67.3 Å². The number of aromatic nitrogens is 2. The third kappa shape index (κ3) is 4.67. The first-order valence-corrected chi connectivity index (χ1v) is 7.45. The minimum atomic E-state index is -0.125. The van der Waals surface area contributed by atoms with E-state index in [0.29, 0.717) is 23.9 Å². The first-order chi connectivity index (χ1) is 10.1. The van der Waals surface area contributed by atoms with Crippen LogP contribution in [0.4, 0.5) is 0 Å². The van der Waals surface area contributed by atoms with Gasteiger partial charge in [0.1, 0.15) is 0 Å². The monoisotopic (exact) mass is 292 g/mol. The molecule has 21 heavy (non-hydrogen) atoms. The molecule has 1 amide bonds. The van der Waals surface area contributed by atoms with Gasteiger partial charge in [0.15, 0.2) is 0 Å². The van der Waals surface area contributed by atoms with Gasteiger partial charge in [-0.15, -0.1) is 0 Å². The van der Waals surface area contributed by atoms with Crippen molar-refractivity contribution in [1.29, 1.82) is 0 Å². The number of methoxy groups -OCH3 is 1. The van der Waals surface area contributed by atoms with Crippen LogP contribution >= 0.6 is 0 Å². The summed E-state index contributed by atoms with van der Waals surface area (Å²) in [5.74, 6) is 1.10. The summed E-state index contributed by atoms with van der Waals surface area (Å²) in [7, 11) is 1.50. The van der Waals surface area contributed by atoms with Crippen LogP contribution in [0.2, 0.25) is 0 Å². The largest absolute Gasteiger partial charge is 0.467 e. The van der Waals surface area contributed by atoms with Crippen molar-refractivity contribution in [2.75, 3.05) is 33.3 Å². The molecule has 2 heterocycles. The summed E-state index contributed by atoms with van der Waals surface area (Å²) in [6.07, 6.45) is 4.12. The molecule has 1 N–H and O–H groups in total. The van der Waals surface area contributed by atoms with Gasteiger partial charge in [-0.3, -0.25) is 4.79 Å². The zero-order valence-corrected chi connectivity index (χ0v) is 13.0. The average Bonchev–Trinajstić information content (AvgIpc) is 2.91. The fourth-order valence-corrected chi connectivity index (χ4v) is 2.64. The van der Waals surface area contributed by atoms with Crippen LogP contribution in [0.3, 0.4) is 0 Å². The van der Waals surface area contributed by atoms with Crippen molar-refractivity contribution in [3.05, 3.63) is 18.0 Å². The van der Waals surface area contributed by atoms with Crippen LogP contribution in [0.15, 0.2) is 12.4 Å². The van der Waals surface area contributed by atoms with Gasteiger partial charge < -0.3 is 15.0 Å². The van der Waals surface area contributed by atoms with E-state index in [0.717, 1.165) is 26.1 Å². The van der Waals surface area contributed by atoms with Crippen LogP contribution < -0.4 is 10.1 Å². The van der Waals surface area contributed by atoms with Crippen molar-refractivity contribution in [2.24, 2.45) is 11.8 Å². The lowest BCUT2D eigenvalue weighted by molar-refractivity contribution is 0.0946. The molecule has 0 saturated carbocycles. The zero-order valence-electron chi connectivity index (χ0n) is 13.0. The lowest BCUT2D eigenvalue weighted by atomic mass is 10.1. The van der Waals surface area contributed by atoms with Gasteiger partial charge in [-0.05, 0) is 24.8 Å². The fourth-order valence-electron chi connectivity index (χ4n) is 2.64. The summed E-state index contributed by atoms with van der Waals surface area (Å²) >= 11 is 0. The summed E-state index contributed by atoms with van der Waals surface area (Å²) in [5.41, 5.74) is 0.466. The van der Waals surface area contributed by atoms with Crippen LogP contribution in [-0.2, 0) is 0 Å². The second kappa shape index (κ2) is 7.36. The van der Waals surface area contributed by atoms with Crippen molar-refractivity contribution in [3.63, 3.8) is 0 Å². The van der Waals surface area contributed by atoms with Gasteiger partial charge in [-0.25, -0.2) is 9.97 Å². The van der Waals surface area contributed by atoms with E-state index in [1.54, 1.807) is 0 Å². The predicted molar refractivity (Wildman–Crippen MR) is 80.3 cm³/mol. The highest BCUT2D eigenvalue weighted by Gasteiger charge is 2.23. The molecule has 0 aliphatic carbocycles. The molecule has 0 radical (unpaired) electrons. The molecular weight excluding hydrogens is 268 g/mol. The lowest BCUT2D eigenvalue weighted by Crippen LogP contribution is -2.32. The van der Waals surface area contributed by atoms with Gasteiger partial charge in [-0.2, -0.15) is 0 Å². The van der Waals surface area contributed by atoms with E-state index >= 15 is 0 Å². The number of likely N-dealkylation sites (tertiary alicyclic amines) is 1. The number of ether oxygens (including phenoxy) is 1. The standard InChI is InChI=1S/C15H24N4O2/c1-11(2)9-19-5-4-12(10-19)6-16-14(20)13-7-17-15(21-3)18-8-13/h7-8,11-12H,4-6,9-10H2,1-3H3,(H,16,20)/t12-/m0/s1. The van der Waals surface area contributed by atoms with E-state index in [9.17, 15) is 4.79 Å². The molecule has 1 aromatic heterocycles. The molecular formula is C15H24N4O2. The number of nitrogens with one attached hydrogen (secondary N) is 1. The minimum Gasteiger partial charge on any atom is -0.467 e. The number of carbonyl (C=O) groups excluding carboxylic acids is 1. The van der Waals surface area contributed by atoms with Crippen molar-refractivity contribution >= 4 is 5.91 Å². The highest BCUT2D eigenvalue weighted by atomic mass is 16.5. The van der Waals surface area contributed by atoms with Crippen LogP contribution in [-0.4, -0.2) is 54.1 Å². The summed E-state index contributed by atoms with van der Waals surface area (Å²) in [5, 5.41) is 2.97. The maximum absolute atomic E-state index is 12.0. The normalized spacial score (nSPS) is 19.0. The van der Waals surface area contributed by atoms with Crippen molar-refractivity contribution in [3.8, 4) is 6.01 Å². The Labute approximate surface area is 125 Å². The molecule has 1 aromatic rings. The third-order valence-corrected chi connectivity index (χ3v) is 3.62. The molecule has 1 saturated heterocycles. The summed E-state index contributed by atoms with van der Waals surface area (Å²) in [6, 6.07) is 0.270. The van der Waals surface area contributed by atoms with E-state index in [4.69, 9.17) is 4.74 Å². The Hall–Kier alpha value is -1.69. The van der Waals surface area contributed by atoms with Gasteiger partial charge >= 0.3 is 6.01 Å². The van der Waals surface area contributed by atoms with Gasteiger partial charge in [-0.1, -0.05) is 13.8 Å². The highest BCUT2D eigenvalue weighted by molar-refractivity contribution is 5.93. The van der Waals surface area contributed by atoms with E-state index in [1.165, 1.54) is 19.5 Å². The molecule has 0 spiro atoms. The van der Waals surface area contributed by atoms with E-state index in [1.807, 2.05) is 0 Å². The number of carbonyl (C=O) groups is 1. The van der Waals surface area contributed by atoms with E-state index < -0.39 is 0 Å². The molecule has 1 atom stereocenters. The Morgan fingerprint density at radius 2 is 2.19 bits per heavy atom. The van der Waals surface area contributed by atoms with Crippen molar-refractivity contribution in [2.45, 2.75) is 20.3 Å². The van der Waals surface area contributed by atoms with Crippen molar-refractivity contribution in [1.82, 2.24) is 20.2 Å². The molecule has 0 unspecified atom stereocenters. The number of nitrogens with zero attached hydrogens (tertiary/aromatic N) is 3. The number of rotatable bonds is 6. The van der Waals surface area contributed by atoms with Gasteiger partial charge in [0.05, 0.1) is 12.7 Å². The maximum Gasteiger partial charge on any atom is 0.316 e. The molecule has 6 nitrogen and oxygen atoms in total. The summed E-state index contributed by atoms with van der Waals surface area (Å²) in [6.45, 7) is 8.51. The molecule has 1 fully saturated rings. The van der Waals surface area contributed by atoms with Crippen LogP contribution in [0.25, 0.3) is 0 Å².